The van der Waals surface area contributed by atoms with Crippen LogP contribution in [0.3, 0.4) is 0 Å². The molecule has 0 bridgehead atoms. The van der Waals surface area contributed by atoms with Crippen LogP contribution in [-0.4, -0.2) is 98.2 Å². The Morgan fingerprint density at radius 3 is 1.75 bits per heavy atom. The van der Waals surface area contributed by atoms with Crippen molar-refractivity contribution < 1.29 is 9.59 Å². The minimum absolute atomic E-state index is 0.124. The number of hydrogen-bond acceptors (Lipinski definition) is 7. The van der Waals surface area contributed by atoms with Gasteiger partial charge in [0.15, 0.2) is 0 Å². The van der Waals surface area contributed by atoms with Gasteiger partial charge in [0, 0.05) is 77.2 Å². The molecule has 0 saturated carbocycles. The van der Waals surface area contributed by atoms with E-state index in [0.717, 1.165) is 70.9 Å². The molecule has 0 spiro atoms. The molecule has 1 fully saturated rings. The largest absolute Gasteiger partial charge is 0.354 e. The van der Waals surface area contributed by atoms with Crippen molar-refractivity contribution in [2.24, 2.45) is 0 Å². The van der Waals surface area contributed by atoms with Crippen LogP contribution >= 0.6 is 0 Å². The molecule has 254 valence electrons. The van der Waals surface area contributed by atoms with E-state index >= 15 is 0 Å². The van der Waals surface area contributed by atoms with Gasteiger partial charge in [0.05, 0.1) is 12.9 Å². The molecule has 0 unspecified atom stereocenters. The number of hydrogen-bond donors (Lipinski definition) is 6. The highest BCUT2D eigenvalue weighted by atomic mass is 16.2. The van der Waals surface area contributed by atoms with E-state index in [9.17, 15) is 9.59 Å². The lowest BCUT2D eigenvalue weighted by Gasteiger charge is -2.25. The number of amides is 2. The summed E-state index contributed by atoms with van der Waals surface area (Å²) in [7, 11) is 0. The highest BCUT2D eigenvalue weighted by Crippen LogP contribution is 2.13. The van der Waals surface area contributed by atoms with Crippen molar-refractivity contribution in [3.05, 3.63) is 18.2 Å². The Bertz CT molecular complexity index is 795. The van der Waals surface area contributed by atoms with E-state index in [1.807, 2.05) is 0 Å². The van der Waals surface area contributed by atoms with Crippen LogP contribution in [0.15, 0.2) is 12.5 Å². The van der Waals surface area contributed by atoms with Crippen molar-refractivity contribution in [1.82, 2.24) is 41.5 Å². The second-order valence-electron chi connectivity index (χ2n) is 12.5. The molecule has 0 aliphatic carbocycles. The zero-order chi connectivity index (χ0) is 31.3. The van der Waals surface area contributed by atoms with Gasteiger partial charge < -0.3 is 31.6 Å². The van der Waals surface area contributed by atoms with E-state index in [2.05, 4.69) is 48.4 Å². The number of aromatic amines is 1. The van der Waals surface area contributed by atoms with Crippen LogP contribution in [0.2, 0.25) is 0 Å². The van der Waals surface area contributed by atoms with Crippen molar-refractivity contribution in [3.8, 4) is 0 Å². The summed E-state index contributed by atoms with van der Waals surface area (Å²) in [5, 5.41) is 16.3. The van der Waals surface area contributed by atoms with Crippen LogP contribution in [0.5, 0.6) is 0 Å². The topological polar surface area (TPSA) is 126 Å². The summed E-state index contributed by atoms with van der Waals surface area (Å²) in [6, 6.07) is -0.626. The van der Waals surface area contributed by atoms with Crippen LogP contribution in [0.25, 0.3) is 0 Å². The standard InChI is InChI=1S/C34H66N8O2/c1-2-3-4-5-6-7-8-9-10-11-12-13-14-15-16-17-18-39-34(44)32(27-31-28-38-30-40-31)41-33(43)29-42-25-23-36-21-19-35-20-22-37-24-26-42/h28,30,32,35-37H,2-27,29H2,1H3,(H,38,40)(H,39,44)(H,41,43)/t32-/m0/s1. The van der Waals surface area contributed by atoms with Crippen molar-refractivity contribution >= 4 is 11.8 Å². The zero-order valence-corrected chi connectivity index (χ0v) is 28.0. The molecular formula is C34H66N8O2. The van der Waals surface area contributed by atoms with E-state index in [4.69, 9.17) is 0 Å². The Labute approximate surface area is 268 Å². The van der Waals surface area contributed by atoms with Crippen LogP contribution in [-0.2, 0) is 16.0 Å². The zero-order valence-electron chi connectivity index (χ0n) is 28.0. The smallest absolute Gasteiger partial charge is 0.242 e. The number of aromatic nitrogens is 2. The van der Waals surface area contributed by atoms with Gasteiger partial charge in [-0.3, -0.25) is 14.5 Å². The molecule has 1 atom stereocenters. The number of carbonyl (C=O) groups excluding carboxylic acids is 2. The van der Waals surface area contributed by atoms with Crippen LogP contribution in [0.1, 0.15) is 115 Å². The number of H-pyrrole nitrogens is 1. The van der Waals surface area contributed by atoms with Gasteiger partial charge in [0.1, 0.15) is 6.04 Å². The SMILES string of the molecule is CCCCCCCCCCCCCCCCCCNC(=O)[C@H](Cc1cnc[nH]1)NC(=O)CN1CCNCCNCCNCC1. The number of nitrogens with one attached hydrogen (secondary N) is 6. The van der Waals surface area contributed by atoms with Gasteiger partial charge in [-0.15, -0.1) is 0 Å². The number of carbonyl (C=O) groups is 2. The molecule has 2 heterocycles. The van der Waals surface area contributed by atoms with Gasteiger partial charge in [-0.05, 0) is 6.42 Å². The maximum atomic E-state index is 13.1. The second-order valence-corrected chi connectivity index (χ2v) is 12.5. The maximum absolute atomic E-state index is 13.1. The maximum Gasteiger partial charge on any atom is 0.242 e. The fourth-order valence-corrected chi connectivity index (χ4v) is 5.75. The number of rotatable bonds is 23. The molecule has 1 aliphatic rings. The predicted octanol–water partition coefficient (Wildman–Crippen LogP) is 3.90. The first-order valence-electron chi connectivity index (χ1n) is 18.1. The Morgan fingerprint density at radius 2 is 1.25 bits per heavy atom. The van der Waals surface area contributed by atoms with Crippen molar-refractivity contribution in [1.29, 1.82) is 0 Å². The first kappa shape index (κ1) is 38.2. The third kappa shape index (κ3) is 20.9. The second kappa shape index (κ2) is 27.3. The van der Waals surface area contributed by atoms with Gasteiger partial charge in [0.2, 0.25) is 11.8 Å². The van der Waals surface area contributed by atoms with Gasteiger partial charge in [-0.1, -0.05) is 103 Å². The predicted molar refractivity (Wildman–Crippen MR) is 182 cm³/mol. The molecule has 10 nitrogen and oxygen atoms in total. The van der Waals surface area contributed by atoms with Crippen molar-refractivity contribution in [2.75, 3.05) is 65.4 Å². The summed E-state index contributed by atoms with van der Waals surface area (Å²) in [6.45, 7) is 10.1. The molecule has 2 amide bonds. The molecule has 6 N–H and O–H groups in total. The molecule has 1 aliphatic heterocycles. The van der Waals surface area contributed by atoms with Gasteiger partial charge >= 0.3 is 0 Å². The summed E-state index contributed by atoms with van der Waals surface area (Å²) in [4.78, 5) is 35.5. The Hall–Kier alpha value is -2.01. The van der Waals surface area contributed by atoms with Crippen LogP contribution < -0.4 is 26.6 Å². The highest BCUT2D eigenvalue weighted by molar-refractivity contribution is 5.88. The summed E-state index contributed by atoms with van der Waals surface area (Å²) in [6.07, 6.45) is 25.0. The summed E-state index contributed by atoms with van der Waals surface area (Å²) in [5.74, 6) is -0.251. The summed E-state index contributed by atoms with van der Waals surface area (Å²) >= 11 is 0. The number of unbranched alkanes of at least 4 members (excludes halogenated alkanes) is 15. The average molecular weight is 619 g/mol. The molecular weight excluding hydrogens is 552 g/mol. The summed E-state index contributed by atoms with van der Waals surface area (Å²) < 4.78 is 0. The fraction of sp³-hybridized carbons (Fsp3) is 0.853. The summed E-state index contributed by atoms with van der Waals surface area (Å²) in [5.41, 5.74) is 0.834. The van der Waals surface area contributed by atoms with E-state index < -0.39 is 6.04 Å². The lowest BCUT2D eigenvalue weighted by Crippen LogP contribution is -2.52. The van der Waals surface area contributed by atoms with Gasteiger partial charge in [-0.2, -0.15) is 0 Å². The minimum Gasteiger partial charge on any atom is -0.354 e. The normalized spacial score (nSPS) is 16.1. The molecule has 0 aromatic carbocycles. The van der Waals surface area contributed by atoms with E-state index in [1.165, 1.54) is 89.9 Å². The molecule has 1 saturated heterocycles. The lowest BCUT2D eigenvalue weighted by atomic mass is 10.0. The minimum atomic E-state index is -0.626. The monoisotopic (exact) mass is 619 g/mol. The van der Waals surface area contributed by atoms with E-state index in [-0.39, 0.29) is 18.4 Å². The van der Waals surface area contributed by atoms with Gasteiger partial charge in [0.25, 0.3) is 0 Å². The van der Waals surface area contributed by atoms with Crippen LogP contribution in [0, 0.1) is 0 Å². The molecule has 44 heavy (non-hydrogen) atoms. The fourth-order valence-electron chi connectivity index (χ4n) is 5.75. The van der Waals surface area contributed by atoms with Crippen molar-refractivity contribution in [3.63, 3.8) is 0 Å². The molecule has 0 radical (unpaired) electrons. The van der Waals surface area contributed by atoms with E-state index in [1.54, 1.807) is 12.5 Å². The highest BCUT2D eigenvalue weighted by Gasteiger charge is 2.22. The third-order valence-electron chi connectivity index (χ3n) is 8.49. The molecule has 1 aromatic heterocycles. The molecule has 1 aromatic rings. The molecule has 10 heteroatoms. The third-order valence-corrected chi connectivity index (χ3v) is 8.49. The lowest BCUT2D eigenvalue weighted by molar-refractivity contribution is -0.129. The van der Waals surface area contributed by atoms with Gasteiger partial charge in [-0.25, -0.2) is 4.98 Å². The van der Waals surface area contributed by atoms with E-state index in [0.29, 0.717) is 13.0 Å². The Morgan fingerprint density at radius 1 is 0.750 bits per heavy atom. The first-order valence-corrected chi connectivity index (χ1v) is 18.1. The first-order chi connectivity index (χ1) is 21.7. The Balaban J connectivity index is 1.58. The quantitative estimate of drug-likeness (QED) is 0.103. The van der Waals surface area contributed by atoms with Crippen LogP contribution in [0.4, 0.5) is 0 Å². The van der Waals surface area contributed by atoms with Crippen molar-refractivity contribution in [2.45, 2.75) is 122 Å². The Kier molecular flexibility index (Phi) is 23.7. The average Bonchev–Trinajstić information content (AvgIpc) is 3.53. The number of nitrogens with zero attached hydrogens (tertiary/aromatic N) is 2. The number of imidazole rings is 1. The molecule has 2 rings (SSSR count).